The van der Waals surface area contributed by atoms with Gasteiger partial charge in [0.25, 0.3) is 0 Å². The van der Waals surface area contributed by atoms with Crippen molar-refractivity contribution < 1.29 is 9.53 Å². The standard InChI is InChI=1S/C18H23NO2/c1-14(13-15-7-3-2-4-8-15)18(20)19-11-12-21-17-10-6-5-9-16(17)19/h2-4,7-8,13,16-17H,5-6,9-12H2,1H3/b14-13+. The SMILES string of the molecule is C/C(=C\c1ccccc1)C(=O)N1CCOC2CCCCC21. The number of nitrogens with zero attached hydrogens (tertiary/aromatic N) is 1. The van der Waals surface area contributed by atoms with Gasteiger partial charge in [0.1, 0.15) is 0 Å². The summed E-state index contributed by atoms with van der Waals surface area (Å²) >= 11 is 0. The largest absolute Gasteiger partial charge is 0.374 e. The van der Waals surface area contributed by atoms with Crippen LogP contribution in [0.2, 0.25) is 0 Å². The first-order valence-electron chi connectivity index (χ1n) is 7.91. The predicted octanol–water partition coefficient (Wildman–Crippen LogP) is 3.26. The summed E-state index contributed by atoms with van der Waals surface area (Å²) in [5.74, 6) is 0.166. The summed E-state index contributed by atoms with van der Waals surface area (Å²) in [5, 5.41) is 0. The van der Waals surface area contributed by atoms with E-state index in [2.05, 4.69) is 0 Å². The third kappa shape index (κ3) is 3.18. The van der Waals surface area contributed by atoms with Crippen molar-refractivity contribution in [3.05, 3.63) is 41.5 Å². The second kappa shape index (κ2) is 6.44. The Morgan fingerprint density at radius 1 is 1.24 bits per heavy atom. The van der Waals surface area contributed by atoms with Crippen LogP contribution in [0.4, 0.5) is 0 Å². The summed E-state index contributed by atoms with van der Waals surface area (Å²) < 4.78 is 5.85. The van der Waals surface area contributed by atoms with Crippen molar-refractivity contribution in [2.75, 3.05) is 13.2 Å². The molecule has 2 unspecified atom stereocenters. The molecule has 3 rings (SSSR count). The Balaban J connectivity index is 1.75. The monoisotopic (exact) mass is 285 g/mol. The average molecular weight is 285 g/mol. The van der Waals surface area contributed by atoms with Crippen LogP contribution in [0, 0.1) is 0 Å². The Kier molecular flexibility index (Phi) is 4.39. The molecular weight excluding hydrogens is 262 g/mol. The van der Waals surface area contributed by atoms with Crippen molar-refractivity contribution in [1.29, 1.82) is 0 Å². The van der Waals surface area contributed by atoms with E-state index >= 15 is 0 Å². The molecule has 2 fully saturated rings. The van der Waals surface area contributed by atoms with E-state index in [0.29, 0.717) is 6.61 Å². The van der Waals surface area contributed by atoms with Crippen LogP contribution in [0.25, 0.3) is 6.08 Å². The molecule has 0 N–H and O–H groups in total. The Bertz CT molecular complexity index is 521. The van der Waals surface area contributed by atoms with E-state index in [1.165, 1.54) is 12.8 Å². The molecule has 1 aromatic carbocycles. The van der Waals surface area contributed by atoms with Crippen molar-refractivity contribution in [2.45, 2.75) is 44.8 Å². The third-order valence-electron chi connectivity index (χ3n) is 4.51. The van der Waals surface area contributed by atoms with Crippen molar-refractivity contribution in [3.8, 4) is 0 Å². The summed E-state index contributed by atoms with van der Waals surface area (Å²) in [5.41, 5.74) is 1.89. The molecule has 0 aromatic heterocycles. The first-order valence-corrected chi connectivity index (χ1v) is 7.91. The predicted molar refractivity (Wildman–Crippen MR) is 83.8 cm³/mol. The molecule has 1 saturated heterocycles. The summed E-state index contributed by atoms with van der Waals surface area (Å²) in [6.45, 7) is 3.31. The second-order valence-electron chi connectivity index (χ2n) is 6.00. The van der Waals surface area contributed by atoms with Gasteiger partial charge >= 0.3 is 0 Å². The number of morpholine rings is 1. The summed E-state index contributed by atoms with van der Waals surface area (Å²) in [6, 6.07) is 10.3. The molecule has 1 aromatic rings. The molecule has 1 saturated carbocycles. The van der Waals surface area contributed by atoms with Gasteiger partial charge in [-0.05, 0) is 31.4 Å². The van der Waals surface area contributed by atoms with Crippen molar-refractivity contribution in [2.24, 2.45) is 0 Å². The van der Waals surface area contributed by atoms with Crippen molar-refractivity contribution >= 4 is 12.0 Å². The number of hydrogen-bond donors (Lipinski definition) is 0. The number of fused-ring (bicyclic) bond motifs is 1. The molecule has 0 spiro atoms. The van der Waals surface area contributed by atoms with Gasteiger partial charge < -0.3 is 9.64 Å². The lowest BCUT2D eigenvalue weighted by atomic mass is 9.89. The topological polar surface area (TPSA) is 29.5 Å². The highest BCUT2D eigenvalue weighted by Gasteiger charge is 2.36. The number of benzene rings is 1. The summed E-state index contributed by atoms with van der Waals surface area (Å²) in [6.07, 6.45) is 6.83. The zero-order valence-corrected chi connectivity index (χ0v) is 12.6. The van der Waals surface area contributed by atoms with E-state index in [0.717, 1.165) is 30.5 Å². The molecule has 1 aliphatic carbocycles. The molecule has 3 nitrogen and oxygen atoms in total. The summed E-state index contributed by atoms with van der Waals surface area (Å²) in [7, 11) is 0. The molecule has 0 bridgehead atoms. The van der Waals surface area contributed by atoms with Crippen LogP contribution < -0.4 is 0 Å². The number of rotatable bonds is 2. The minimum Gasteiger partial charge on any atom is -0.374 e. The molecule has 1 heterocycles. The van der Waals surface area contributed by atoms with E-state index in [1.54, 1.807) is 0 Å². The quantitative estimate of drug-likeness (QED) is 0.781. The second-order valence-corrected chi connectivity index (χ2v) is 6.00. The van der Waals surface area contributed by atoms with Gasteiger partial charge in [0.2, 0.25) is 5.91 Å². The van der Waals surface area contributed by atoms with Gasteiger partial charge in [0.05, 0.1) is 18.8 Å². The van der Waals surface area contributed by atoms with Crippen LogP contribution in [0.1, 0.15) is 38.2 Å². The molecule has 112 valence electrons. The van der Waals surface area contributed by atoms with Gasteiger partial charge in [-0.25, -0.2) is 0 Å². The molecule has 2 atom stereocenters. The van der Waals surface area contributed by atoms with Gasteiger partial charge in [0, 0.05) is 12.1 Å². The normalized spacial score (nSPS) is 26.3. The van der Waals surface area contributed by atoms with Crippen LogP contribution in [-0.4, -0.2) is 36.1 Å². The number of hydrogen-bond acceptors (Lipinski definition) is 2. The van der Waals surface area contributed by atoms with Crippen LogP contribution in [0.3, 0.4) is 0 Å². The van der Waals surface area contributed by atoms with Gasteiger partial charge in [-0.15, -0.1) is 0 Å². The number of carbonyl (C=O) groups is 1. The fourth-order valence-corrected chi connectivity index (χ4v) is 3.44. The van der Waals surface area contributed by atoms with Gasteiger partial charge in [0.15, 0.2) is 0 Å². The molecule has 3 heteroatoms. The molecule has 2 aliphatic rings. The van der Waals surface area contributed by atoms with E-state index < -0.39 is 0 Å². The lowest BCUT2D eigenvalue weighted by Gasteiger charge is -2.44. The Hall–Kier alpha value is -1.61. The van der Waals surface area contributed by atoms with Gasteiger partial charge in [-0.2, -0.15) is 0 Å². The van der Waals surface area contributed by atoms with E-state index in [4.69, 9.17) is 4.74 Å². The third-order valence-corrected chi connectivity index (χ3v) is 4.51. The van der Waals surface area contributed by atoms with E-state index in [-0.39, 0.29) is 18.1 Å². The Morgan fingerprint density at radius 2 is 2.00 bits per heavy atom. The molecular formula is C18H23NO2. The zero-order chi connectivity index (χ0) is 14.7. The highest BCUT2D eigenvalue weighted by Crippen LogP contribution is 2.29. The fourth-order valence-electron chi connectivity index (χ4n) is 3.44. The Labute approximate surface area is 126 Å². The molecule has 1 amide bonds. The lowest BCUT2D eigenvalue weighted by Crippen LogP contribution is -2.55. The number of amides is 1. The van der Waals surface area contributed by atoms with Gasteiger partial charge in [-0.1, -0.05) is 43.2 Å². The molecule has 1 aliphatic heterocycles. The van der Waals surface area contributed by atoms with E-state index in [1.807, 2.05) is 48.2 Å². The minimum absolute atomic E-state index is 0.166. The number of carbonyl (C=O) groups excluding carboxylic acids is 1. The van der Waals surface area contributed by atoms with E-state index in [9.17, 15) is 4.79 Å². The highest BCUT2D eigenvalue weighted by atomic mass is 16.5. The van der Waals surface area contributed by atoms with Crippen molar-refractivity contribution in [3.63, 3.8) is 0 Å². The van der Waals surface area contributed by atoms with Crippen LogP contribution in [0.15, 0.2) is 35.9 Å². The maximum atomic E-state index is 12.8. The number of ether oxygens (including phenoxy) is 1. The molecule has 0 radical (unpaired) electrons. The lowest BCUT2D eigenvalue weighted by molar-refractivity contribution is -0.145. The maximum Gasteiger partial charge on any atom is 0.249 e. The fraction of sp³-hybridized carbons (Fsp3) is 0.500. The van der Waals surface area contributed by atoms with Crippen LogP contribution in [0.5, 0.6) is 0 Å². The first kappa shape index (κ1) is 14.3. The van der Waals surface area contributed by atoms with Crippen LogP contribution in [-0.2, 0) is 9.53 Å². The summed E-state index contributed by atoms with van der Waals surface area (Å²) in [4.78, 5) is 14.8. The first-order chi connectivity index (χ1) is 10.3. The molecule has 21 heavy (non-hydrogen) atoms. The maximum absolute atomic E-state index is 12.8. The minimum atomic E-state index is 0.166. The smallest absolute Gasteiger partial charge is 0.249 e. The highest BCUT2D eigenvalue weighted by molar-refractivity contribution is 5.97. The average Bonchev–Trinajstić information content (AvgIpc) is 2.54. The van der Waals surface area contributed by atoms with Crippen molar-refractivity contribution in [1.82, 2.24) is 4.90 Å². The van der Waals surface area contributed by atoms with Crippen LogP contribution >= 0.6 is 0 Å². The van der Waals surface area contributed by atoms with Gasteiger partial charge in [-0.3, -0.25) is 4.79 Å². The Morgan fingerprint density at radius 3 is 2.81 bits per heavy atom. The zero-order valence-electron chi connectivity index (χ0n) is 12.6.